The average Bonchev–Trinajstić information content (AvgIpc) is 2.82. The maximum absolute atomic E-state index is 10.1. The van der Waals surface area contributed by atoms with Crippen LogP contribution in [0.1, 0.15) is 50.2 Å². The highest BCUT2D eigenvalue weighted by molar-refractivity contribution is 6.33. The molecule has 1 unspecified atom stereocenters. The molecule has 1 aromatic carbocycles. The van der Waals surface area contributed by atoms with Crippen LogP contribution in [0.2, 0.25) is 10.0 Å². The van der Waals surface area contributed by atoms with E-state index in [1.54, 1.807) is 18.2 Å². The van der Waals surface area contributed by atoms with Crippen molar-refractivity contribution >= 4 is 23.2 Å². The zero-order valence-electron chi connectivity index (χ0n) is 9.83. The molecule has 0 bridgehead atoms. The fraction of sp³-hybridized carbons (Fsp3) is 0.571. The van der Waals surface area contributed by atoms with Crippen LogP contribution in [0, 0.1) is 5.92 Å². The Labute approximate surface area is 113 Å². The van der Waals surface area contributed by atoms with Gasteiger partial charge in [-0.2, -0.15) is 0 Å². The molecule has 3 heteroatoms. The van der Waals surface area contributed by atoms with Crippen LogP contribution in [0.4, 0.5) is 0 Å². The Morgan fingerprint density at radius 3 is 2.65 bits per heavy atom. The molecule has 1 N–H and O–H groups in total. The molecule has 1 aliphatic carbocycles. The number of halogens is 2. The maximum atomic E-state index is 10.1. The van der Waals surface area contributed by atoms with Gasteiger partial charge in [-0.15, -0.1) is 0 Å². The molecule has 0 aromatic heterocycles. The Kier molecular flexibility index (Phi) is 4.72. The molecule has 1 atom stereocenters. The number of aliphatic hydroxyl groups excluding tert-OH is 1. The molecule has 1 aliphatic rings. The summed E-state index contributed by atoms with van der Waals surface area (Å²) in [6.45, 7) is 0. The minimum atomic E-state index is -0.484. The summed E-state index contributed by atoms with van der Waals surface area (Å²) in [6, 6.07) is 5.26. The predicted molar refractivity (Wildman–Crippen MR) is 72.6 cm³/mol. The second-order valence-corrected chi connectivity index (χ2v) is 5.75. The molecule has 94 valence electrons. The monoisotopic (exact) mass is 272 g/mol. The SMILES string of the molecule is OC(CCC1CCCC1)c1cc(Cl)ccc1Cl. The molecule has 1 nitrogen and oxygen atoms in total. The average molecular weight is 273 g/mol. The van der Waals surface area contributed by atoms with Crippen LogP contribution in [-0.4, -0.2) is 5.11 Å². The second kappa shape index (κ2) is 6.08. The van der Waals surface area contributed by atoms with Crippen LogP contribution in [0.15, 0.2) is 18.2 Å². The Morgan fingerprint density at radius 1 is 1.24 bits per heavy atom. The molecular formula is C14H18Cl2O. The zero-order chi connectivity index (χ0) is 12.3. The first kappa shape index (κ1) is 13.2. The molecule has 1 saturated carbocycles. The maximum Gasteiger partial charge on any atom is 0.0805 e. The van der Waals surface area contributed by atoms with Gasteiger partial charge in [-0.1, -0.05) is 48.9 Å². The van der Waals surface area contributed by atoms with Crippen molar-refractivity contribution in [3.05, 3.63) is 33.8 Å². The normalized spacial score (nSPS) is 18.5. The molecule has 0 amide bonds. The third-order valence-electron chi connectivity index (χ3n) is 3.64. The van der Waals surface area contributed by atoms with Gasteiger partial charge in [0.2, 0.25) is 0 Å². The van der Waals surface area contributed by atoms with E-state index in [2.05, 4.69) is 0 Å². The summed E-state index contributed by atoms with van der Waals surface area (Å²) in [7, 11) is 0. The third kappa shape index (κ3) is 3.61. The summed E-state index contributed by atoms with van der Waals surface area (Å²) >= 11 is 12.0. The van der Waals surface area contributed by atoms with E-state index < -0.39 is 6.10 Å². The minimum absolute atomic E-state index is 0.484. The smallest absolute Gasteiger partial charge is 0.0805 e. The van der Waals surface area contributed by atoms with Gasteiger partial charge in [0.05, 0.1) is 6.10 Å². The van der Waals surface area contributed by atoms with E-state index in [0.717, 1.165) is 24.3 Å². The van der Waals surface area contributed by atoms with Crippen LogP contribution in [0.25, 0.3) is 0 Å². The van der Waals surface area contributed by atoms with E-state index in [1.807, 2.05) is 0 Å². The van der Waals surface area contributed by atoms with Crippen molar-refractivity contribution in [1.29, 1.82) is 0 Å². The fourth-order valence-electron chi connectivity index (χ4n) is 2.62. The van der Waals surface area contributed by atoms with E-state index in [1.165, 1.54) is 25.7 Å². The van der Waals surface area contributed by atoms with E-state index >= 15 is 0 Å². The first-order valence-corrected chi connectivity index (χ1v) is 7.05. The summed E-state index contributed by atoms with van der Waals surface area (Å²) in [4.78, 5) is 0. The lowest BCUT2D eigenvalue weighted by Crippen LogP contribution is -2.02. The van der Waals surface area contributed by atoms with Crippen molar-refractivity contribution in [2.45, 2.75) is 44.6 Å². The van der Waals surface area contributed by atoms with E-state index in [9.17, 15) is 5.11 Å². The van der Waals surface area contributed by atoms with Crippen molar-refractivity contribution in [3.63, 3.8) is 0 Å². The zero-order valence-corrected chi connectivity index (χ0v) is 11.3. The third-order valence-corrected chi connectivity index (χ3v) is 4.22. The van der Waals surface area contributed by atoms with Crippen molar-refractivity contribution in [2.75, 3.05) is 0 Å². The van der Waals surface area contributed by atoms with Crippen molar-refractivity contribution in [1.82, 2.24) is 0 Å². The van der Waals surface area contributed by atoms with Gasteiger partial charge in [0, 0.05) is 15.6 Å². The van der Waals surface area contributed by atoms with Crippen molar-refractivity contribution < 1.29 is 5.11 Å². The van der Waals surface area contributed by atoms with Crippen LogP contribution < -0.4 is 0 Å². The number of aliphatic hydroxyl groups is 1. The predicted octanol–water partition coefficient (Wildman–Crippen LogP) is 5.00. The summed E-state index contributed by atoms with van der Waals surface area (Å²) < 4.78 is 0. The van der Waals surface area contributed by atoms with Crippen LogP contribution in [0.5, 0.6) is 0 Å². The van der Waals surface area contributed by atoms with Gasteiger partial charge in [0.1, 0.15) is 0 Å². The molecule has 0 radical (unpaired) electrons. The molecule has 1 aromatic rings. The Hall–Kier alpha value is -0.240. The van der Waals surface area contributed by atoms with Gasteiger partial charge in [0.25, 0.3) is 0 Å². The van der Waals surface area contributed by atoms with E-state index in [0.29, 0.717) is 10.0 Å². The highest BCUT2D eigenvalue weighted by Crippen LogP contribution is 2.33. The van der Waals surface area contributed by atoms with Crippen LogP contribution >= 0.6 is 23.2 Å². The molecule has 0 aliphatic heterocycles. The number of hydrogen-bond donors (Lipinski definition) is 1. The first-order chi connectivity index (χ1) is 8.16. The summed E-state index contributed by atoms with van der Waals surface area (Å²) in [6.07, 6.45) is 6.71. The number of benzene rings is 1. The van der Waals surface area contributed by atoms with E-state index in [-0.39, 0.29) is 0 Å². The highest BCUT2D eigenvalue weighted by Gasteiger charge is 2.18. The standard InChI is InChI=1S/C14H18Cl2O/c15-11-6-7-13(16)12(9-11)14(17)8-5-10-3-1-2-4-10/h6-7,9-10,14,17H,1-5,8H2. The van der Waals surface area contributed by atoms with Crippen LogP contribution in [0.3, 0.4) is 0 Å². The number of rotatable bonds is 4. The lowest BCUT2D eigenvalue weighted by Gasteiger charge is -2.15. The van der Waals surface area contributed by atoms with Gasteiger partial charge >= 0.3 is 0 Å². The summed E-state index contributed by atoms with van der Waals surface area (Å²) in [5.41, 5.74) is 0.761. The van der Waals surface area contributed by atoms with Gasteiger partial charge in [0.15, 0.2) is 0 Å². The minimum Gasteiger partial charge on any atom is -0.388 e. The summed E-state index contributed by atoms with van der Waals surface area (Å²) in [5.74, 6) is 0.794. The van der Waals surface area contributed by atoms with Gasteiger partial charge in [-0.25, -0.2) is 0 Å². The molecule has 1 fully saturated rings. The molecule has 0 heterocycles. The number of hydrogen-bond acceptors (Lipinski definition) is 1. The topological polar surface area (TPSA) is 20.2 Å². The van der Waals surface area contributed by atoms with Crippen LogP contribution in [-0.2, 0) is 0 Å². The molecule has 17 heavy (non-hydrogen) atoms. The first-order valence-electron chi connectivity index (χ1n) is 6.30. The molecule has 0 spiro atoms. The Bertz CT molecular complexity index is 372. The summed E-state index contributed by atoms with van der Waals surface area (Å²) in [5, 5.41) is 11.4. The lowest BCUT2D eigenvalue weighted by molar-refractivity contribution is 0.157. The largest absolute Gasteiger partial charge is 0.388 e. The molecule has 0 saturated heterocycles. The Balaban J connectivity index is 1.93. The van der Waals surface area contributed by atoms with Gasteiger partial charge < -0.3 is 5.11 Å². The van der Waals surface area contributed by atoms with Gasteiger partial charge in [-0.3, -0.25) is 0 Å². The molecular weight excluding hydrogens is 255 g/mol. The highest BCUT2D eigenvalue weighted by atomic mass is 35.5. The van der Waals surface area contributed by atoms with Crippen molar-refractivity contribution in [3.8, 4) is 0 Å². The lowest BCUT2D eigenvalue weighted by atomic mass is 9.96. The molecule has 2 rings (SSSR count). The van der Waals surface area contributed by atoms with E-state index in [4.69, 9.17) is 23.2 Å². The quantitative estimate of drug-likeness (QED) is 0.818. The van der Waals surface area contributed by atoms with Crippen molar-refractivity contribution in [2.24, 2.45) is 5.92 Å². The second-order valence-electron chi connectivity index (χ2n) is 4.91. The fourth-order valence-corrected chi connectivity index (χ4v) is 3.04. The Morgan fingerprint density at radius 2 is 1.94 bits per heavy atom. The van der Waals surface area contributed by atoms with Gasteiger partial charge in [-0.05, 0) is 37.0 Å².